The number of rotatable bonds is 3. The number of hydrogen-bond donors (Lipinski definition) is 1. The highest BCUT2D eigenvalue weighted by atomic mass is 32.2. The lowest BCUT2D eigenvalue weighted by Crippen LogP contribution is -2.33. The van der Waals surface area contributed by atoms with E-state index in [4.69, 9.17) is 4.74 Å². The van der Waals surface area contributed by atoms with E-state index in [2.05, 4.69) is 10.2 Å². The van der Waals surface area contributed by atoms with Crippen LogP contribution in [0.2, 0.25) is 0 Å². The molecule has 1 aromatic carbocycles. The minimum absolute atomic E-state index is 0.238. The third-order valence-corrected chi connectivity index (χ3v) is 4.15. The van der Waals surface area contributed by atoms with Crippen molar-refractivity contribution in [1.29, 1.82) is 0 Å². The lowest BCUT2D eigenvalue weighted by atomic mass is 10.3. The summed E-state index contributed by atoms with van der Waals surface area (Å²) >= 11 is 0.798. The predicted molar refractivity (Wildman–Crippen MR) is 62.7 cm³/mol. The van der Waals surface area contributed by atoms with Crippen molar-refractivity contribution in [3.8, 4) is 5.75 Å². The monoisotopic (exact) mass is 285 g/mol. The number of nitrogens with zero attached hydrogens (tertiary/aromatic N) is 2. The summed E-state index contributed by atoms with van der Waals surface area (Å²) in [7, 11) is -4.02. The van der Waals surface area contributed by atoms with Gasteiger partial charge in [-0.2, -0.15) is 8.42 Å². The Morgan fingerprint density at radius 1 is 1.28 bits per heavy atom. The van der Waals surface area contributed by atoms with Crippen molar-refractivity contribution in [2.45, 2.75) is 4.34 Å². The van der Waals surface area contributed by atoms with E-state index in [1.165, 1.54) is 17.6 Å². The summed E-state index contributed by atoms with van der Waals surface area (Å²) in [5.41, 5.74) is 1.25. The Bertz CT molecular complexity index is 625. The molecule has 1 N–H and O–H groups in total. The zero-order chi connectivity index (χ0) is 13.0. The van der Waals surface area contributed by atoms with Crippen molar-refractivity contribution < 1.29 is 17.9 Å². The number of hydrogen-bond acceptors (Lipinski definition) is 7. The first-order valence-electron chi connectivity index (χ1n) is 4.64. The smallest absolute Gasteiger partial charge is 0.410 e. The van der Waals surface area contributed by atoms with Gasteiger partial charge in [-0.1, -0.05) is 29.5 Å². The average Bonchev–Trinajstić information content (AvgIpc) is 2.83. The van der Waals surface area contributed by atoms with Gasteiger partial charge in [0.15, 0.2) is 0 Å². The van der Waals surface area contributed by atoms with Crippen LogP contribution in [0.4, 0.5) is 4.79 Å². The quantitative estimate of drug-likeness (QED) is 0.903. The molecular weight excluding hydrogens is 278 g/mol. The van der Waals surface area contributed by atoms with E-state index in [0.717, 1.165) is 11.3 Å². The number of carbonyl (C=O) groups excluding carboxylic acids is 1. The SMILES string of the molecule is O=C(NS(=O)(=O)c1nncs1)Oc1ccccc1. The molecule has 0 saturated carbocycles. The molecule has 2 rings (SSSR count). The average molecular weight is 285 g/mol. The summed E-state index contributed by atoms with van der Waals surface area (Å²) in [5, 5.41) is 6.74. The van der Waals surface area contributed by atoms with Crippen LogP contribution in [-0.4, -0.2) is 24.7 Å². The van der Waals surface area contributed by atoms with Gasteiger partial charge in [-0.05, 0) is 12.1 Å². The van der Waals surface area contributed by atoms with Gasteiger partial charge in [0.2, 0.25) is 0 Å². The highest BCUT2D eigenvalue weighted by Crippen LogP contribution is 2.11. The Morgan fingerprint density at radius 3 is 2.61 bits per heavy atom. The molecule has 0 atom stereocenters. The van der Waals surface area contributed by atoms with Crippen LogP contribution in [0, 0.1) is 0 Å². The highest BCUT2D eigenvalue weighted by Gasteiger charge is 2.22. The number of nitrogens with one attached hydrogen (secondary N) is 1. The molecule has 18 heavy (non-hydrogen) atoms. The molecule has 0 saturated heterocycles. The van der Waals surface area contributed by atoms with Crippen LogP contribution in [0.1, 0.15) is 0 Å². The van der Waals surface area contributed by atoms with Crippen LogP contribution >= 0.6 is 11.3 Å². The van der Waals surface area contributed by atoms with Crippen molar-refractivity contribution in [1.82, 2.24) is 14.9 Å². The van der Waals surface area contributed by atoms with Crippen molar-refractivity contribution in [3.63, 3.8) is 0 Å². The molecule has 9 heteroatoms. The summed E-state index contributed by atoms with van der Waals surface area (Å²) in [6, 6.07) is 8.10. The van der Waals surface area contributed by atoms with Crippen molar-refractivity contribution in [2.75, 3.05) is 0 Å². The third kappa shape index (κ3) is 3.02. The van der Waals surface area contributed by atoms with Crippen molar-refractivity contribution >= 4 is 27.5 Å². The van der Waals surface area contributed by atoms with Gasteiger partial charge in [0, 0.05) is 0 Å². The summed E-state index contributed by atoms with van der Waals surface area (Å²) in [4.78, 5) is 11.4. The Morgan fingerprint density at radius 2 is 2.00 bits per heavy atom. The fourth-order valence-corrected chi connectivity index (χ4v) is 2.59. The number of sulfonamides is 1. The van der Waals surface area contributed by atoms with E-state index < -0.39 is 16.1 Å². The maximum Gasteiger partial charge on any atom is 0.426 e. The molecule has 94 valence electrons. The number of benzene rings is 1. The highest BCUT2D eigenvalue weighted by molar-refractivity contribution is 7.91. The van der Waals surface area contributed by atoms with Gasteiger partial charge in [0.25, 0.3) is 14.4 Å². The minimum atomic E-state index is -4.02. The normalized spacial score (nSPS) is 10.9. The van der Waals surface area contributed by atoms with Gasteiger partial charge in [-0.25, -0.2) is 9.52 Å². The standard InChI is InChI=1S/C9H7N3O4S2/c13-8(16-7-4-2-1-3-5-7)12-18(14,15)9-11-10-6-17-9/h1-6H,(H,12,13). The van der Waals surface area contributed by atoms with Crippen molar-refractivity contribution in [2.24, 2.45) is 0 Å². The van der Waals surface area contributed by atoms with Gasteiger partial charge in [-0.15, -0.1) is 10.2 Å². The number of aromatic nitrogens is 2. The number of amides is 1. The molecular formula is C9H7N3O4S2. The number of ether oxygens (including phenoxy) is 1. The maximum atomic E-state index is 11.6. The lowest BCUT2D eigenvalue weighted by Gasteiger charge is -2.04. The molecule has 1 amide bonds. The van der Waals surface area contributed by atoms with Crippen LogP contribution in [0.25, 0.3) is 0 Å². The molecule has 0 fully saturated rings. The summed E-state index contributed by atoms with van der Waals surface area (Å²) in [6.07, 6.45) is -1.10. The molecule has 0 spiro atoms. The topological polar surface area (TPSA) is 98.2 Å². The van der Waals surface area contributed by atoms with E-state index in [1.807, 2.05) is 0 Å². The van der Waals surface area contributed by atoms with Crippen LogP contribution in [0.15, 0.2) is 40.2 Å². The van der Waals surface area contributed by atoms with Crippen molar-refractivity contribution in [3.05, 3.63) is 35.8 Å². The molecule has 0 radical (unpaired) electrons. The largest absolute Gasteiger partial charge is 0.426 e. The van der Waals surface area contributed by atoms with E-state index >= 15 is 0 Å². The first-order valence-corrected chi connectivity index (χ1v) is 7.00. The van der Waals surface area contributed by atoms with Gasteiger partial charge in [0.05, 0.1) is 0 Å². The summed E-state index contributed by atoms with van der Waals surface area (Å²) in [6.45, 7) is 0. The Balaban J connectivity index is 2.05. The van der Waals surface area contributed by atoms with Crippen LogP contribution in [-0.2, 0) is 10.0 Å². The fraction of sp³-hybridized carbons (Fsp3) is 0. The van der Waals surface area contributed by atoms with E-state index in [-0.39, 0.29) is 10.1 Å². The zero-order valence-corrected chi connectivity index (χ0v) is 10.4. The summed E-state index contributed by atoms with van der Waals surface area (Å²) < 4.78 is 29.4. The molecule has 0 aliphatic heterocycles. The molecule has 7 nitrogen and oxygen atoms in total. The molecule has 0 unspecified atom stereocenters. The predicted octanol–water partition coefficient (Wildman–Crippen LogP) is 1.02. The molecule has 0 aliphatic rings. The maximum absolute atomic E-state index is 11.6. The molecule has 0 aliphatic carbocycles. The van der Waals surface area contributed by atoms with Crippen LogP contribution in [0.3, 0.4) is 0 Å². The molecule has 0 bridgehead atoms. The molecule has 2 aromatic rings. The van der Waals surface area contributed by atoms with E-state index in [1.54, 1.807) is 22.9 Å². The molecule has 1 aromatic heterocycles. The second-order valence-corrected chi connectivity index (χ2v) is 5.70. The Kier molecular flexibility index (Phi) is 3.53. The second-order valence-electron chi connectivity index (χ2n) is 3.01. The molecule has 1 heterocycles. The van der Waals surface area contributed by atoms with E-state index in [9.17, 15) is 13.2 Å². The number of carbonyl (C=O) groups is 1. The van der Waals surface area contributed by atoms with Gasteiger partial charge in [0.1, 0.15) is 11.3 Å². The Hall–Kier alpha value is -2.00. The minimum Gasteiger partial charge on any atom is -0.410 e. The first kappa shape index (κ1) is 12.5. The lowest BCUT2D eigenvalue weighted by molar-refractivity contribution is 0.207. The Labute approximate surface area is 106 Å². The zero-order valence-electron chi connectivity index (χ0n) is 8.81. The first-order chi connectivity index (χ1) is 8.58. The fourth-order valence-electron chi connectivity index (χ4n) is 1.05. The van der Waals surface area contributed by atoms with E-state index in [0.29, 0.717) is 0 Å². The van der Waals surface area contributed by atoms with Crippen LogP contribution < -0.4 is 9.46 Å². The summed E-state index contributed by atoms with van der Waals surface area (Å²) in [5.74, 6) is 0.238. The van der Waals surface area contributed by atoms with Crippen LogP contribution in [0.5, 0.6) is 5.75 Å². The van der Waals surface area contributed by atoms with Gasteiger partial charge in [-0.3, -0.25) is 0 Å². The third-order valence-electron chi connectivity index (χ3n) is 1.74. The number of para-hydroxylation sites is 1. The van der Waals surface area contributed by atoms with Gasteiger partial charge < -0.3 is 4.74 Å². The van der Waals surface area contributed by atoms with Gasteiger partial charge >= 0.3 is 6.09 Å². The second kappa shape index (κ2) is 5.10.